The Morgan fingerprint density at radius 2 is 1.75 bits per heavy atom. The Morgan fingerprint density at radius 3 is 2.50 bits per heavy atom. The summed E-state index contributed by atoms with van der Waals surface area (Å²) in [6.07, 6.45) is 7.04. The first-order valence-corrected chi connectivity index (χ1v) is 8.75. The lowest BCUT2D eigenvalue weighted by atomic mass is 10.1. The number of nitrogens with one attached hydrogen (secondary N) is 1. The molecule has 0 unspecified atom stereocenters. The van der Waals surface area contributed by atoms with Gasteiger partial charge >= 0.3 is 0 Å². The molecule has 4 nitrogen and oxygen atoms in total. The fraction of sp³-hybridized carbons (Fsp3) is 0.400. The molecule has 1 N–H and O–H groups in total. The third-order valence-electron chi connectivity index (χ3n) is 4.59. The maximum atomic E-state index is 9.18. The average molecular weight is 320 g/mol. The zero-order valence-corrected chi connectivity index (χ0v) is 14.0. The third kappa shape index (κ3) is 4.33. The molecule has 1 aromatic heterocycles. The first-order valence-electron chi connectivity index (χ1n) is 8.75. The maximum Gasteiger partial charge on any atom is 0.144 e. The van der Waals surface area contributed by atoms with Crippen molar-refractivity contribution < 1.29 is 0 Å². The van der Waals surface area contributed by atoms with Crippen LogP contribution >= 0.6 is 0 Å². The molecule has 124 valence electrons. The van der Waals surface area contributed by atoms with Crippen LogP contribution in [0.1, 0.15) is 42.4 Å². The molecule has 0 saturated carbocycles. The Balaban J connectivity index is 1.68. The normalized spacial score (nSPS) is 15.5. The van der Waals surface area contributed by atoms with Crippen LogP contribution in [0.3, 0.4) is 0 Å². The van der Waals surface area contributed by atoms with E-state index in [2.05, 4.69) is 45.5 Å². The van der Waals surface area contributed by atoms with Gasteiger partial charge in [-0.05, 0) is 49.2 Å². The van der Waals surface area contributed by atoms with Crippen molar-refractivity contribution in [1.82, 2.24) is 9.88 Å². The highest BCUT2D eigenvalue weighted by atomic mass is 15.1. The molecule has 24 heavy (non-hydrogen) atoms. The smallest absolute Gasteiger partial charge is 0.144 e. The van der Waals surface area contributed by atoms with E-state index in [1.807, 2.05) is 0 Å². The van der Waals surface area contributed by atoms with Crippen LogP contribution in [0.25, 0.3) is 0 Å². The molecule has 1 aliphatic rings. The second kappa shape index (κ2) is 8.47. The number of nitrogens with zero attached hydrogens (tertiary/aromatic N) is 3. The lowest BCUT2D eigenvalue weighted by Crippen LogP contribution is -2.24. The van der Waals surface area contributed by atoms with Crippen LogP contribution in [0.2, 0.25) is 0 Å². The van der Waals surface area contributed by atoms with Crippen molar-refractivity contribution in [3.05, 3.63) is 59.3 Å². The number of hydrogen-bond donors (Lipinski definition) is 1. The molecule has 2 heterocycles. The minimum atomic E-state index is 0.586. The summed E-state index contributed by atoms with van der Waals surface area (Å²) in [7, 11) is 0. The van der Waals surface area contributed by atoms with Gasteiger partial charge in [-0.25, -0.2) is 4.98 Å². The standard InChI is InChI=1S/C20H24N4/c21-14-17-10-7-11-22-20(17)23-15-18-8-3-4-9-19(18)16-24-12-5-1-2-6-13-24/h3-4,7-11H,1-2,5-6,12-13,15-16H2,(H,22,23). The van der Waals surface area contributed by atoms with Crippen molar-refractivity contribution in [3.8, 4) is 6.07 Å². The lowest BCUT2D eigenvalue weighted by molar-refractivity contribution is 0.276. The van der Waals surface area contributed by atoms with Crippen LogP contribution in [0, 0.1) is 11.3 Å². The number of rotatable bonds is 5. The number of hydrogen-bond acceptors (Lipinski definition) is 4. The highest BCUT2D eigenvalue weighted by Gasteiger charge is 2.12. The van der Waals surface area contributed by atoms with E-state index >= 15 is 0 Å². The molecular weight excluding hydrogens is 296 g/mol. The molecule has 1 fully saturated rings. The molecule has 0 radical (unpaired) electrons. The van der Waals surface area contributed by atoms with Gasteiger partial charge in [-0.3, -0.25) is 4.90 Å². The van der Waals surface area contributed by atoms with Crippen molar-refractivity contribution in [1.29, 1.82) is 5.26 Å². The highest BCUT2D eigenvalue weighted by Crippen LogP contribution is 2.18. The number of pyridine rings is 1. The number of nitriles is 1. The SMILES string of the molecule is N#Cc1cccnc1NCc1ccccc1CN1CCCCCC1. The van der Waals surface area contributed by atoms with Crippen molar-refractivity contribution in [3.63, 3.8) is 0 Å². The molecular formula is C20H24N4. The van der Waals surface area contributed by atoms with E-state index in [0.717, 1.165) is 6.54 Å². The molecule has 1 aliphatic heterocycles. The van der Waals surface area contributed by atoms with E-state index < -0.39 is 0 Å². The van der Waals surface area contributed by atoms with E-state index in [-0.39, 0.29) is 0 Å². The largest absolute Gasteiger partial charge is 0.365 e. The zero-order valence-electron chi connectivity index (χ0n) is 14.0. The molecule has 0 spiro atoms. The summed E-state index contributed by atoms with van der Waals surface area (Å²) in [5.74, 6) is 0.657. The molecule has 0 atom stereocenters. The number of likely N-dealkylation sites (tertiary alicyclic amines) is 1. The Bertz CT molecular complexity index is 697. The maximum absolute atomic E-state index is 9.18. The Kier molecular flexibility index (Phi) is 5.81. The van der Waals surface area contributed by atoms with Crippen LogP contribution in [0.5, 0.6) is 0 Å². The van der Waals surface area contributed by atoms with E-state index in [0.29, 0.717) is 17.9 Å². The van der Waals surface area contributed by atoms with Gasteiger partial charge in [0.25, 0.3) is 0 Å². The van der Waals surface area contributed by atoms with Crippen LogP contribution in [0.4, 0.5) is 5.82 Å². The van der Waals surface area contributed by atoms with Gasteiger partial charge in [0.15, 0.2) is 0 Å². The molecule has 4 heteroatoms. The summed E-state index contributed by atoms with van der Waals surface area (Å²) in [6.45, 7) is 4.09. The summed E-state index contributed by atoms with van der Waals surface area (Å²) in [5, 5.41) is 12.5. The summed E-state index contributed by atoms with van der Waals surface area (Å²) >= 11 is 0. The van der Waals surface area contributed by atoms with Gasteiger partial charge in [0.1, 0.15) is 11.9 Å². The van der Waals surface area contributed by atoms with Gasteiger partial charge in [-0.1, -0.05) is 37.1 Å². The Morgan fingerprint density at radius 1 is 1.00 bits per heavy atom. The van der Waals surface area contributed by atoms with Gasteiger partial charge in [-0.15, -0.1) is 0 Å². The van der Waals surface area contributed by atoms with E-state index in [4.69, 9.17) is 0 Å². The molecule has 2 aromatic rings. The van der Waals surface area contributed by atoms with E-state index in [1.165, 1.54) is 49.9 Å². The number of aromatic nitrogens is 1. The first kappa shape index (κ1) is 16.5. The zero-order chi connectivity index (χ0) is 16.6. The van der Waals surface area contributed by atoms with Gasteiger partial charge in [-0.2, -0.15) is 5.26 Å². The second-order valence-corrected chi connectivity index (χ2v) is 6.32. The minimum absolute atomic E-state index is 0.586. The number of anilines is 1. The Hall–Kier alpha value is -2.38. The van der Waals surface area contributed by atoms with Crippen molar-refractivity contribution in [2.45, 2.75) is 38.8 Å². The quantitative estimate of drug-likeness (QED) is 0.906. The van der Waals surface area contributed by atoms with E-state index in [9.17, 15) is 5.26 Å². The second-order valence-electron chi connectivity index (χ2n) is 6.32. The lowest BCUT2D eigenvalue weighted by Gasteiger charge is -2.21. The summed E-state index contributed by atoms with van der Waals surface area (Å²) in [5.41, 5.74) is 3.22. The molecule has 0 amide bonds. The fourth-order valence-corrected chi connectivity index (χ4v) is 3.23. The molecule has 1 aromatic carbocycles. The van der Waals surface area contributed by atoms with Gasteiger partial charge in [0.05, 0.1) is 5.56 Å². The molecule has 0 aliphatic carbocycles. The van der Waals surface area contributed by atoms with Gasteiger partial charge in [0, 0.05) is 19.3 Å². The Labute approximate surface area is 144 Å². The average Bonchev–Trinajstić information content (AvgIpc) is 2.90. The molecule has 1 saturated heterocycles. The van der Waals surface area contributed by atoms with Crippen LogP contribution < -0.4 is 5.32 Å². The van der Waals surface area contributed by atoms with Crippen molar-refractivity contribution in [2.75, 3.05) is 18.4 Å². The predicted octanol–water partition coefficient (Wildman–Crippen LogP) is 3.94. The van der Waals surface area contributed by atoms with Crippen LogP contribution in [-0.4, -0.2) is 23.0 Å². The summed E-state index contributed by atoms with van der Waals surface area (Å²) in [4.78, 5) is 6.84. The van der Waals surface area contributed by atoms with Crippen molar-refractivity contribution >= 4 is 5.82 Å². The monoisotopic (exact) mass is 320 g/mol. The number of benzene rings is 1. The topological polar surface area (TPSA) is 52.0 Å². The molecule has 0 bridgehead atoms. The predicted molar refractivity (Wildman–Crippen MR) is 96.5 cm³/mol. The van der Waals surface area contributed by atoms with Crippen molar-refractivity contribution in [2.24, 2.45) is 0 Å². The summed E-state index contributed by atoms with van der Waals surface area (Å²) in [6, 6.07) is 14.3. The van der Waals surface area contributed by atoms with Gasteiger partial charge in [0.2, 0.25) is 0 Å². The van der Waals surface area contributed by atoms with Crippen LogP contribution in [-0.2, 0) is 13.1 Å². The van der Waals surface area contributed by atoms with Gasteiger partial charge < -0.3 is 5.32 Å². The van der Waals surface area contributed by atoms with E-state index in [1.54, 1.807) is 18.3 Å². The first-order chi connectivity index (χ1) is 11.9. The highest BCUT2D eigenvalue weighted by molar-refractivity contribution is 5.51. The third-order valence-corrected chi connectivity index (χ3v) is 4.59. The summed E-state index contributed by atoms with van der Waals surface area (Å²) < 4.78 is 0. The minimum Gasteiger partial charge on any atom is -0.365 e. The van der Waals surface area contributed by atoms with Crippen LogP contribution in [0.15, 0.2) is 42.6 Å². The fourth-order valence-electron chi connectivity index (χ4n) is 3.23. The molecule has 3 rings (SSSR count).